The molecule has 1 saturated heterocycles. The Labute approximate surface area is 215 Å². The number of thiophene rings is 1. The Morgan fingerprint density at radius 1 is 0.943 bits per heavy atom. The minimum Gasteiger partial charge on any atom is -0.462 e. The number of aryl methyl sites for hydroxylation is 2. The second-order valence-corrected chi connectivity index (χ2v) is 10.2. The number of carbonyl (C=O) groups is 2. The van der Waals surface area contributed by atoms with E-state index in [1.54, 1.807) is 0 Å². The Bertz CT molecular complexity index is 862. The number of carbonyl (C=O) groups excluding carboxylic acids is 2. The van der Waals surface area contributed by atoms with Gasteiger partial charge in [0.2, 0.25) is 5.91 Å². The molecule has 0 unspecified atom stereocenters. The van der Waals surface area contributed by atoms with Gasteiger partial charge in [-0.15, -0.1) is 11.3 Å². The number of esters is 1. The van der Waals surface area contributed by atoms with Gasteiger partial charge in [-0.2, -0.15) is 0 Å². The van der Waals surface area contributed by atoms with Gasteiger partial charge >= 0.3 is 5.97 Å². The van der Waals surface area contributed by atoms with Gasteiger partial charge in [0.05, 0.1) is 6.61 Å². The van der Waals surface area contributed by atoms with E-state index in [4.69, 9.17) is 9.84 Å². The van der Waals surface area contributed by atoms with Crippen molar-refractivity contribution in [1.29, 1.82) is 0 Å². The highest BCUT2D eigenvalue weighted by Gasteiger charge is 2.21. The zero-order chi connectivity index (χ0) is 25.3. The number of aliphatic hydroxyl groups is 1. The number of nitrogens with zero attached hydrogens (tertiary/aromatic N) is 1. The molecule has 1 N–H and O–H groups in total. The Morgan fingerprint density at radius 3 is 2.37 bits per heavy atom. The summed E-state index contributed by atoms with van der Waals surface area (Å²) in [6.07, 6.45) is 12.7. The maximum Gasteiger partial charge on any atom is 0.348 e. The van der Waals surface area contributed by atoms with Gasteiger partial charge in [-0.25, -0.2) is 4.79 Å². The molecule has 6 heteroatoms. The van der Waals surface area contributed by atoms with Crippen LogP contribution in [0.4, 0.5) is 5.69 Å². The van der Waals surface area contributed by atoms with Crippen LogP contribution in [0.2, 0.25) is 0 Å². The fraction of sp³-hybridized carbons (Fsp3) is 0.586. The van der Waals surface area contributed by atoms with Crippen molar-refractivity contribution in [3.8, 4) is 0 Å². The molecule has 194 valence electrons. The van der Waals surface area contributed by atoms with Crippen LogP contribution in [-0.4, -0.2) is 36.7 Å². The van der Waals surface area contributed by atoms with Gasteiger partial charge in [0.25, 0.3) is 0 Å². The van der Waals surface area contributed by atoms with Gasteiger partial charge in [-0.1, -0.05) is 51.7 Å². The monoisotopic (exact) mass is 501 g/mol. The minimum absolute atomic E-state index is 0.208. The van der Waals surface area contributed by atoms with Crippen molar-refractivity contribution in [2.24, 2.45) is 0 Å². The number of hydrogen-bond donors (Lipinski definition) is 1. The van der Waals surface area contributed by atoms with E-state index in [0.29, 0.717) is 17.9 Å². The van der Waals surface area contributed by atoms with E-state index in [1.807, 2.05) is 17.0 Å². The van der Waals surface area contributed by atoms with E-state index in [0.717, 1.165) is 57.2 Å². The lowest BCUT2D eigenvalue weighted by molar-refractivity contribution is -0.117. The van der Waals surface area contributed by atoms with Crippen LogP contribution in [0.3, 0.4) is 0 Å². The number of ether oxygens (including phenoxy) is 1. The average molecular weight is 502 g/mol. The number of benzene rings is 1. The summed E-state index contributed by atoms with van der Waals surface area (Å²) >= 11 is 1.52. The Balaban J connectivity index is 0.000000247. The number of hydrogen-bond acceptors (Lipinski definition) is 5. The maximum absolute atomic E-state index is 11.6. The van der Waals surface area contributed by atoms with E-state index in [2.05, 4.69) is 38.1 Å². The van der Waals surface area contributed by atoms with Crippen LogP contribution in [0.5, 0.6) is 0 Å². The molecule has 5 nitrogen and oxygen atoms in total. The first-order chi connectivity index (χ1) is 17.1. The highest BCUT2D eigenvalue weighted by atomic mass is 32.1. The molecular weight excluding hydrogens is 458 g/mol. The van der Waals surface area contributed by atoms with E-state index >= 15 is 0 Å². The van der Waals surface area contributed by atoms with Crippen LogP contribution in [0.1, 0.15) is 98.2 Å². The Morgan fingerprint density at radius 2 is 1.71 bits per heavy atom. The molecule has 0 radical (unpaired) electrons. The smallest absolute Gasteiger partial charge is 0.348 e. The minimum atomic E-state index is -0.221. The second-order valence-electron chi connectivity index (χ2n) is 9.06. The van der Waals surface area contributed by atoms with Gasteiger partial charge in [0, 0.05) is 30.1 Å². The first-order valence-corrected chi connectivity index (χ1v) is 14.2. The fourth-order valence-electron chi connectivity index (χ4n) is 4.01. The summed E-state index contributed by atoms with van der Waals surface area (Å²) in [7, 11) is 0. The van der Waals surface area contributed by atoms with Crippen molar-refractivity contribution < 1.29 is 19.4 Å². The van der Waals surface area contributed by atoms with Crippen molar-refractivity contribution in [1.82, 2.24) is 0 Å². The molecule has 35 heavy (non-hydrogen) atoms. The van der Waals surface area contributed by atoms with Crippen molar-refractivity contribution in [3.05, 3.63) is 51.7 Å². The lowest BCUT2D eigenvalue weighted by atomic mass is 10.1. The van der Waals surface area contributed by atoms with Crippen LogP contribution < -0.4 is 4.90 Å². The normalized spacial score (nSPS) is 13.0. The number of aliphatic hydroxyl groups excluding tert-OH is 1. The van der Waals surface area contributed by atoms with Gasteiger partial charge in [-0.05, 0) is 74.8 Å². The van der Waals surface area contributed by atoms with E-state index in [1.165, 1.54) is 47.5 Å². The number of amides is 1. The summed E-state index contributed by atoms with van der Waals surface area (Å²) in [5, 5.41) is 8.60. The van der Waals surface area contributed by atoms with Crippen LogP contribution in [0.25, 0.3) is 0 Å². The second kappa shape index (κ2) is 17.3. The summed E-state index contributed by atoms with van der Waals surface area (Å²) in [6, 6.07) is 12.4. The zero-order valence-electron chi connectivity index (χ0n) is 21.6. The molecule has 2 aromatic rings. The molecule has 1 fully saturated rings. The zero-order valence-corrected chi connectivity index (χ0v) is 22.4. The Hall–Kier alpha value is -2.18. The highest BCUT2D eigenvalue weighted by Crippen LogP contribution is 2.22. The van der Waals surface area contributed by atoms with Gasteiger partial charge in [-0.3, -0.25) is 4.79 Å². The third kappa shape index (κ3) is 11.0. The van der Waals surface area contributed by atoms with Crippen LogP contribution in [0.15, 0.2) is 36.4 Å². The van der Waals surface area contributed by atoms with Crippen LogP contribution in [0, 0.1) is 0 Å². The topological polar surface area (TPSA) is 66.8 Å². The third-order valence-corrected chi connectivity index (χ3v) is 7.16. The Kier molecular flexibility index (Phi) is 14.3. The number of unbranched alkanes of at least 4 members (excludes halogenated alkanes) is 5. The SMILES string of the molecule is CCCCCCc1ccc(N2CCCC2=O)cc1.CCCc1ccc(C(=O)OCCCCCO)s1. The first-order valence-electron chi connectivity index (χ1n) is 13.3. The molecule has 1 aromatic heterocycles. The molecule has 0 aliphatic carbocycles. The summed E-state index contributed by atoms with van der Waals surface area (Å²) in [5.41, 5.74) is 2.45. The summed E-state index contributed by atoms with van der Waals surface area (Å²) in [5.74, 6) is 0.0482. The average Bonchev–Trinajstić information content (AvgIpc) is 3.52. The molecule has 2 heterocycles. The van der Waals surface area contributed by atoms with E-state index in [-0.39, 0.29) is 18.5 Å². The quantitative estimate of drug-likeness (QED) is 0.224. The first kappa shape index (κ1) is 29.1. The maximum atomic E-state index is 11.6. The predicted octanol–water partition coefficient (Wildman–Crippen LogP) is 6.96. The summed E-state index contributed by atoms with van der Waals surface area (Å²) in [4.78, 5) is 27.1. The highest BCUT2D eigenvalue weighted by molar-refractivity contribution is 7.13. The lowest BCUT2D eigenvalue weighted by Crippen LogP contribution is -2.23. The van der Waals surface area contributed by atoms with Gasteiger partial charge < -0.3 is 14.7 Å². The van der Waals surface area contributed by atoms with Crippen molar-refractivity contribution in [3.63, 3.8) is 0 Å². The molecule has 1 amide bonds. The fourth-order valence-corrected chi connectivity index (χ4v) is 5.02. The van der Waals surface area contributed by atoms with Crippen LogP contribution >= 0.6 is 11.3 Å². The molecule has 1 aliphatic rings. The molecule has 0 saturated carbocycles. The molecular formula is C29H43NO4S. The molecule has 3 rings (SSSR count). The summed E-state index contributed by atoms with van der Waals surface area (Å²) < 4.78 is 5.16. The predicted molar refractivity (Wildman–Crippen MR) is 145 cm³/mol. The van der Waals surface area contributed by atoms with E-state index < -0.39 is 0 Å². The molecule has 0 spiro atoms. The molecule has 1 aliphatic heterocycles. The van der Waals surface area contributed by atoms with Crippen LogP contribution in [-0.2, 0) is 22.4 Å². The lowest BCUT2D eigenvalue weighted by Gasteiger charge is -2.15. The molecule has 0 bridgehead atoms. The van der Waals surface area contributed by atoms with Crippen molar-refractivity contribution in [2.75, 3.05) is 24.7 Å². The molecule has 1 aromatic carbocycles. The van der Waals surface area contributed by atoms with Crippen molar-refractivity contribution in [2.45, 2.75) is 90.9 Å². The summed E-state index contributed by atoms with van der Waals surface area (Å²) in [6.45, 7) is 5.90. The number of rotatable bonds is 14. The standard InChI is InChI=1S/C16H23NO.C13H20O3S/c1-2-3-4-5-7-14-9-11-15(12-10-14)17-13-6-8-16(17)18;1-2-6-11-7-8-12(17-11)13(15)16-10-5-3-4-9-14/h9-12H,2-8,13H2,1H3;7-8,14H,2-6,9-10H2,1H3. The number of anilines is 1. The molecule has 0 atom stereocenters. The van der Waals surface area contributed by atoms with Gasteiger partial charge in [0.1, 0.15) is 4.88 Å². The van der Waals surface area contributed by atoms with E-state index in [9.17, 15) is 9.59 Å². The largest absolute Gasteiger partial charge is 0.462 e. The van der Waals surface area contributed by atoms with Crippen molar-refractivity contribution >= 4 is 28.9 Å². The van der Waals surface area contributed by atoms with Gasteiger partial charge in [0.15, 0.2) is 0 Å². The third-order valence-electron chi connectivity index (χ3n) is 6.04.